The number of hydrogen-bond donors (Lipinski definition) is 2. The second-order valence-corrected chi connectivity index (χ2v) is 8.58. The smallest absolute Gasteiger partial charge is 0.242 e. The van der Waals surface area contributed by atoms with E-state index in [9.17, 15) is 22.4 Å². The van der Waals surface area contributed by atoms with Crippen molar-refractivity contribution in [2.75, 3.05) is 25.1 Å². The lowest BCUT2D eigenvalue weighted by molar-refractivity contribution is -0.123. The van der Waals surface area contributed by atoms with Gasteiger partial charge in [0.15, 0.2) is 0 Å². The van der Waals surface area contributed by atoms with Gasteiger partial charge in [0.2, 0.25) is 21.8 Å². The number of furan rings is 1. The van der Waals surface area contributed by atoms with Crippen LogP contribution in [0.25, 0.3) is 0 Å². The highest BCUT2D eigenvalue weighted by molar-refractivity contribution is 7.89. The molecule has 0 bridgehead atoms. The lowest BCUT2D eigenvalue weighted by Gasteiger charge is -2.22. The molecule has 1 aromatic heterocycles. The van der Waals surface area contributed by atoms with Gasteiger partial charge in [-0.1, -0.05) is 0 Å². The maximum absolute atomic E-state index is 13.3. The van der Waals surface area contributed by atoms with Gasteiger partial charge in [0.1, 0.15) is 23.9 Å². The second kappa shape index (κ2) is 10.7. The van der Waals surface area contributed by atoms with Crippen LogP contribution in [0.1, 0.15) is 5.76 Å². The summed E-state index contributed by atoms with van der Waals surface area (Å²) < 4.78 is 50.8. The quantitative estimate of drug-likeness (QED) is 0.464. The molecule has 0 saturated heterocycles. The number of nitrogens with one attached hydrogen (secondary N) is 2. The Hall–Kier alpha value is -3.70. The molecule has 0 radical (unpaired) electrons. The predicted molar refractivity (Wildman–Crippen MR) is 117 cm³/mol. The Labute approximate surface area is 190 Å². The van der Waals surface area contributed by atoms with Crippen LogP contribution in [0.2, 0.25) is 0 Å². The van der Waals surface area contributed by atoms with Gasteiger partial charge in [0.25, 0.3) is 0 Å². The average Bonchev–Trinajstić information content (AvgIpc) is 3.34. The van der Waals surface area contributed by atoms with E-state index in [0.29, 0.717) is 11.5 Å². The summed E-state index contributed by atoms with van der Waals surface area (Å²) in [5.74, 6) is -0.731. The Kier molecular flexibility index (Phi) is 7.80. The molecule has 0 saturated carbocycles. The Morgan fingerprint density at radius 3 is 2.36 bits per heavy atom. The van der Waals surface area contributed by atoms with E-state index < -0.39 is 40.7 Å². The summed E-state index contributed by atoms with van der Waals surface area (Å²) in [6.07, 6.45) is 1.46. The highest BCUT2D eigenvalue weighted by Gasteiger charge is 2.22. The fraction of sp³-hybridized carbons (Fsp3) is 0.182. The normalized spacial score (nSPS) is 11.1. The maximum Gasteiger partial charge on any atom is 0.242 e. The van der Waals surface area contributed by atoms with E-state index in [1.54, 1.807) is 12.1 Å². The topological polar surface area (TPSA) is 118 Å². The lowest BCUT2D eigenvalue weighted by Crippen LogP contribution is -2.45. The number of nitrogens with zero attached hydrogens (tertiary/aromatic N) is 1. The number of methoxy groups -OCH3 is 1. The number of halogens is 1. The van der Waals surface area contributed by atoms with Gasteiger partial charge in [-0.3, -0.25) is 9.59 Å². The van der Waals surface area contributed by atoms with E-state index in [4.69, 9.17) is 9.15 Å². The maximum atomic E-state index is 13.3. The number of ether oxygens (including phenoxy) is 1. The fourth-order valence-corrected chi connectivity index (χ4v) is 3.81. The van der Waals surface area contributed by atoms with Crippen molar-refractivity contribution in [2.45, 2.75) is 11.4 Å². The molecule has 3 rings (SSSR count). The van der Waals surface area contributed by atoms with Crippen molar-refractivity contribution in [1.82, 2.24) is 10.0 Å². The molecule has 2 aromatic carbocycles. The van der Waals surface area contributed by atoms with Gasteiger partial charge in [0, 0.05) is 5.69 Å². The van der Waals surface area contributed by atoms with E-state index in [0.717, 1.165) is 17.0 Å². The minimum Gasteiger partial charge on any atom is -0.497 e. The van der Waals surface area contributed by atoms with Crippen molar-refractivity contribution in [3.63, 3.8) is 0 Å². The first kappa shape index (κ1) is 24.0. The molecule has 0 unspecified atom stereocenters. The Morgan fingerprint density at radius 1 is 1.06 bits per heavy atom. The highest BCUT2D eigenvalue weighted by atomic mass is 32.2. The summed E-state index contributed by atoms with van der Waals surface area (Å²) in [7, 11) is -2.54. The Morgan fingerprint density at radius 2 is 1.76 bits per heavy atom. The first-order valence-electron chi connectivity index (χ1n) is 9.77. The van der Waals surface area contributed by atoms with Gasteiger partial charge in [-0.05, 0) is 60.7 Å². The molecule has 11 heteroatoms. The van der Waals surface area contributed by atoms with E-state index in [1.165, 1.54) is 49.8 Å². The molecule has 0 spiro atoms. The summed E-state index contributed by atoms with van der Waals surface area (Å²) in [6.45, 7) is -0.909. The average molecular weight is 475 g/mol. The van der Waals surface area contributed by atoms with Crippen LogP contribution in [0.4, 0.5) is 10.1 Å². The zero-order chi connectivity index (χ0) is 23.8. The molecule has 3 aromatic rings. The lowest BCUT2D eigenvalue weighted by atomic mass is 10.2. The van der Waals surface area contributed by atoms with Crippen molar-refractivity contribution >= 4 is 27.5 Å². The minimum atomic E-state index is -4.00. The summed E-state index contributed by atoms with van der Waals surface area (Å²) in [5.41, 5.74) is 0.234. The van der Waals surface area contributed by atoms with Crippen molar-refractivity contribution in [3.05, 3.63) is 78.5 Å². The van der Waals surface area contributed by atoms with Gasteiger partial charge in [-0.25, -0.2) is 17.5 Å². The summed E-state index contributed by atoms with van der Waals surface area (Å²) in [5, 5.41) is 2.61. The SMILES string of the molecule is COc1ccc(S(=O)(=O)NCC(=O)N(CC(=O)NCc2ccco2)c2ccc(F)cc2)cc1. The number of carbonyl (C=O) groups is 2. The van der Waals surface area contributed by atoms with Crippen molar-refractivity contribution < 1.29 is 31.6 Å². The molecule has 0 aliphatic carbocycles. The zero-order valence-electron chi connectivity index (χ0n) is 17.7. The van der Waals surface area contributed by atoms with Crippen molar-refractivity contribution in [2.24, 2.45) is 0 Å². The molecule has 174 valence electrons. The molecule has 33 heavy (non-hydrogen) atoms. The van der Waals surface area contributed by atoms with Crippen LogP contribution in [0, 0.1) is 5.82 Å². The highest BCUT2D eigenvalue weighted by Crippen LogP contribution is 2.17. The molecule has 0 aliphatic heterocycles. The van der Waals surface area contributed by atoms with Crippen LogP contribution in [0.15, 0.2) is 76.2 Å². The molecule has 0 fully saturated rings. The van der Waals surface area contributed by atoms with Gasteiger partial charge in [-0.2, -0.15) is 0 Å². The largest absolute Gasteiger partial charge is 0.497 e. The zero-order valence-corrected chi connectivity index (χ0v) is 18.5. The molecule has 2 N–H and O–H groups in total. The third-order valence-electron chi connectivity index (χ3n) is 4.56. The van der Waals surface area contributed by atoms with Crippen LogP contribution in [-0.4, -0.2) is 40.4 Å². The molecule has 0 aliphatic rings. The number of anilines is 1. The Balaban J connectivity index is 1.69. The molecular weight excluding hydrogens is 453 g/mol. The number of benzene rings is 2. The van der Waals surface area contributed by atoms with Gasteiger partial charge >= 0.3 is 0 Å². The standard InChI is InChI=1S/C22H22FN3O6S/c1-31-18-8-10-20(11-9-18)33(29,30)25-14-22(28)26(17-6-4-16(23)5-7-17)15-21(27)24-13-19-3-2-12-32-19/h2-12,25H,13-15H2,1H3,(H,24,27). The Bertz CT molecular complexity index is 1180. The summed E-state index contributed by atoms with van der Waals surface area (Å²) >= 11 is 0. The van der Waals surface area contributed by atoms with Crippen LogP contribution in [0.3, 0.4) is 0 Å². The number of hydrogen-bond acceptors (Lipinski definition) is 6. The first-order valence-corrected chi connectivity index (χ1v) is 11.3. The van der Waals surface area contributed by atoms with Crippen molar-refractivity contribution in [1.29, 1.82) is 0 Å². The molecule has 1 heterocycles. The van der Waals surface area contributed by atoms with Crippen LogP contribution in [-0.2, 0) is 26.2 Å². The molecule has 2 amide bonds. The van der Waals surface area contributed by atoms with E-state index >= 15 is 0 Å². The van der Waals surface area contributed by atoms with Crippen molar-refractivity contribution in [3.8, 4) is 5.75 Å². The third-order valence-corrected chi connectivity index (χ3v) is 5.98. The molecule has 9 nitrogen and oxygen atoms in total. The van der Waals surface area contributed by atoms with Gasteiger partial charge in [-0.15, -0.1) is 0 Å². The minimum absolute atomic E-state index is 0.0550. The second-order valence-electron chi connectivity index (χ2n) is 6.81. The number of amides is 2. The summed E-state index contributed by atoms with van der Waals surface area (Å²) in [6, 6.07) is 13.9. The first-order chi connectivity index (χ1) is 15.8. The number of carbonyl (C=O) groups excluding carboxylic acids is 2. The van der Waals surface area contributed by atoms with E-state index in [-0.39, 0.29) is 17.1 Å². The molecule has 0 atom stereocenters. The van der Waals surface area contributed by atoms with E-state index in [2.05, 4.69) is 10.0 Å². The number of sulfonamides is 1. The van der Waals surface area contributed by atoms with Crippen LogP contribution < -0.4 is 19.7 Å². The van der Waals surface area contributed by atoms with E-state index in [1.807, 2.05) is 0 Å². The van der Waals surface area contributed by atoms with Gasteiger partial charge < -0.3 is 19.4 Å². The fourth-order valence-electron chi connectivity index (χ4n) is 2.83. The third kappa shape index (κ3) is 6.64. The number of rotatable bonds is 10. The summed E-state index contributed by atoms with van der Waals surface area (Å²) in [4.78, 5) is 26.3. The monoisotopic (exact) mass is 475 g/mol. The van der Waals surface area contributed by atoms with Crippen LogP contribution in [0.5, 0.6) is 5.75 Å². The molecular formula is C22H22FN3O6S. The van der Waals surface area contributed by atoms with Crippen LogP contribution >= 0.6 is 0 Å². The van der Waals surface area contributed by atoms with Gasteiger partial charge in [0.05, 0.1) is 31.4 Å². The predicted octanol–water partition coefficient (Wildman–Crippen LogP) is 2.06.